The topological polar surface area (TPSA) is 84.2 Å². The van der Waals surface area contributed by atoms with Gasteiger partial charge in [0.25, 0.3) is 0 Å². The molecule has 0 saturated carbocycles. The van der Waals surface area contributed by atoms with Crippen molar-refractivity contribution in [3.05, 3.63) is 52.3 Å². The Morgan fingerprint density at radius 3 is 2.38 bits per heavy atom. The van der Waals surface area contributed by atoms with E-state index in [9.17, 15) is 14.7 Å². The van der Waals surface area contributed by atoms with Crippen LogP contribution in [0.15, 0.2) is 30.3 Å². The van der Waals surface area contributed by atoms with Crippen molar-refractivity contribution in [1.29, 1.82) is 0 Å². The van der Waals surface area contributed by atoms with Gasteiger partial charge in [-0.3, -0.25) is 9.48 Å². The summed E-state index contributed by atoms with van der Waals surface area (Å²) in [6.07, 6.45) is 0.201. The van der Waals surface area contributed by atoms with Gasteiger partial charge in [-0.15, -0.1) is 0 Å². The zero-order valence-corrected chi connectivity index (χ0v) is 14.6. The molecule has 24 heavy (non-hydrogen) atoms. The van der Waals surface area contributed by atoms with Crippen molar-refractivity contribution in [2.45, 2.75) is 39.3 Å². The Morgan fingerprint density at radius 1 is 1.29 bits per heavy atom. The van der Waals surface area contributed by atoms with Crippen molar-refractivity contribution < 1.29 is 14.7 Å². The second kappa shape index (κ2) is 7.05. The number of amides is 1. The van der Waals surface area contributed by atoms with Gasteiger partial charge in [-0.1, -0.05) is 30.7 Å². The van der Waals surface area contributed by atoms with Gasteiger partial charge in [0.05, 0.1) is 5.69 Å². The minimum Gasteiger partial charge on any atom is -0.479 e. The van der Waals surface area contributed by atoms with E-state index in [4.69, 9.17) is 11.6 Å². The van der Waals surface area contributed by atoms with E-state index in [2.05, 4.69) is 10.4 Å². The van der Waals surface area contributed by atoms with Crippen molar-refractivity contribution in [3.8, 4) is 0 Å². The number of hydrogen-bond acceptors (Lipinski definition) is 3. The van der Waals surface area contributed by atoms with Crippen molar-refractivity contribution in [3.63, 3.8) is 0 Å². The largest absolute Gasteiger partial charge is 0.479 e. The predicted molar refractivity (Wildman–Crippen MR) is 90.9 cm³/mol. The van der Waals surface area contributed by atoms with Gasteiger partial charge in [0, 0.05) is 10.7 Å². The highest BCUT2D eigenvalue weighted by atomic mass is 35.5. The molecule has 6 nitrogen and oxygen atoms in total. The first-order valence-electron chi connectivity index (χ1n) is 7.60. The van der Waals surface area contributed by atoms with Gasteiger partial charge in [0.15, 0.2) is 5.54 Å². The van der Waals surface area contributed by atoms with E-state index in [-0.39, 0.29) is 13.0 Å². The van der Waals surface area contributed by atoms with Crippen molar-refractivity contribution >= 4 is 23.5 Å². The summed E-state index contributed by atoms with van der Waals surface area (Å²) in [5.74, 6) is -1.53. The molecule has 0 saturated heterocycles. The fourth-order valence-electron chi connectivity index (χ4n) is 2.68. The highest BCUT2D eigenvalue weighted by molar-refractivity contribution is 6.30. The monoisotopic (exact) mass is 349 g/mol. The van der Waals surface area contributed by atoms with Gasteiger partial charge in [-0.25, -0.2) is 4.79 Å². The summed E-state index contributed by atoms with van der Waals surface area (Å²) >= 11 is 5.87. The first kappa shape index (κ1) is 18.0. The molecular formula is C17H20ClN3O3. The average molecular weight is 350 g/mol. The number of carbonyl (C=O) groups excluding carboxylic acids is 1. The molecule has 7 heteroatoms. The predicted octanol–water partition coefficient (Wildman–Crippen LogP) is 2.66. The highest BCUT2D eigenvalue weighted by Gasteiger charge is 2.40. The van der Waals surface area contributed by atoms with Crippen LogP contribution in [0.1, 0.15) is 30.3 Å². The number of hydrogen-bond donors (Lipinski definition) is 2. The summed E-state index contributed by atoms with van der Waals surface area (Å²) in [7, 11) is 0. The van der Waals surface area contributed by atoms with Gasteiger partial charge in [-0.05, 0) is 44.0 Å². The van der Waals surface area contributed by atoms with Gasteiger partial charge in [-0.2, -0.15) is 5.10 Å². The van der Waals surface area contributed by atoms with E-state index in [1.165, 1.54) is 0 Å². The number of nitrogens with one attached hydrogen (secondary N) is 1. The summed E-state index contributed by atoms with van der Waals surface area (Å²) in [5.41, 5.74) is 0.616. The van der Waals surface area contributed by atoms with Crippen LogP contribution >= 0.6 is 11.6 Å². The number of halogens is 1. The number of aromatic nitrogens is 2. The molecular weight excluding hydrogens is 330 g/mol. The quantitative estimate of drug-likeness (QED) is 0.839. The fraction of sp³-hybridized carbons (Fsp3) is 0.353. The van der Waals surface area contributed by atoms with E-state index < -0.39 is 17.4 Å². The number of rotatable bonds is 6. The molecule has 0 aliphatic carbocycles. The van der Waals surface area contributed by atoms with Crippen LogP contribution in [0, 0.1) is 13.8 Å². The molecule has 0 radical (unpaired) electrons. The average Bonchev–Trinajstić information content (AvgIpc) is 2.83. The summed E-state index contributed by atoms with van der Waals surface area (Å²) in [4.78, 5) is 24.4. The van der Waals surface area contributed by atoms with E-state index in [1.807, 2.05) is 19.9 Å². The maximum Gasteiger partial charge on any atom is 0.334 e. The molecule has 2 aromatic rings. The Hall–Kier alpha value is -2.34. The number of aliphatic carboxylic acids is 1. The highest BCUT2D eigenvalue weighted by Crippen LogP contribution is 2.27. The lowest BCUT2D eigenvalue weighted by Crippen LogP contribution is -2.52. The minimum absolute atomic E-state index is 0.0394. The first-order chi connectivity index (χ1) is 11.3. The van der Waals surface area contributed by atoms with E-state index in [0.29, 0.717) is 10.6 Å². The molecule has 1 aromatic heterocycles. The van der Waals surface area contributed by atoms with Crippen molar-refractivity contribution in [1.82, 2.24) is 15.1 Å². The Balaban J connectivity index is 2.28. The number of benzene rings is 1. The maximum absolute atomic E-state index is 12.4. The number of carbonyl (C=O) groups is 2. The fourth-order valence-corrected chi connectivity index (χ4v) is 2.80. The zero-order valence-electron chi connectivity index (χ0n) is 13.8. The minimum atomic E-state index is -1.50. The lowest BCUT2D eigenvalue weighted by molar-refractivity contribution is -0.148. The van der Waals surface area contributed by atoms with Crippen LogP contribution in [0.4, 0.5) is 0 Å². The van der Waals surface area contributed by atoms with Crippen LogP contribution in [0.25, 0.3) is 0 Å². The van der Waals surface area contributed by atoms with Gasteiger partial charge >= 0.3 is 5.97 Å². The standard InChI is InChI=1S/C17H20ClN3O3/c1-4-17(16(23)24,13-5-7-14(18)8-6-13)19-15(22)10-21-12(3)9-11(2)20-21/h5-9H,4,10H2,1-3H3,(H,19,22)(H,23,24). The molecule has 1 amide bonds. The van der Waals surface area contributed by atoms with Crippen LogP contribution in [0.3, 0.4) is 0 Å². The summed E-state index contributed by atoms with van der Waals surface area (Å²) < 4.78 is 1.55. The molecule has 1 heterocycles. The molecule has 128 valence electrons. The third kappa shape index (κ3) is 3.59. The lowest BCUT2D eigenvalue weighted by Gasteiger charge is -2.30. The van der Waals surface area contributed by atoms with E-state index in [1.54, 1.807) is 35.9 Å². The van der Waals surface area contributed by atoms with Crippen LogP contribution in [-0.4, -0.2) is 26.8 Å². The van der Waals surface area contributed by atoms with Gasteiger partial charge < -0.3 is 10.4 Å². The number of carboxylic acids is 1. The summed E-state index contributed by atoms with van der Waals surface area (Å²) in [6, 6.07) is 8.30. The second-order valence-corrected chi connectivity index (χ2v) is 6.14. The summed E-state index contributed by atoms with van der Waals surface area (Å²) in [5, 5.41) is 17.1. The Labute approximate surface area is 145 Å². The Morgan fingerprint density at radius 2 is 1.92 bits per heavy atom. The molecule has 0 spiro atoms. The first-order valence-corrected chi connectivity index (χ1v) is 7.98. The third-order valence-corrected chi connectivity index (χ3v) is 4.23. The summed E-state index contributed by atoms with van der Waals surface area (Å²) in [6.45, 7) is 5.36. The zero-order chi connectivity index (χ0) is 17.9. The Kier molecular flexibility index (Phi) is 5.29. The van der Waals surface area contributed by atoms with Crippen LogP contribution < -0.4 is 5.32 Å². The second-order valence-electron chi connectivity index (χ2n) is 5.70. The van der Waals surface area contributed by atoms with Gasteiger partial charge in [0.1, 0.15) is 6.54 Å². The smallest absolute Gasteiger partial charge is 0.334 e. The number of aryl methyl sites for hydroxylation is 2. The lowest BCUT2D eigenvalue weighted by atomic mass is 9.87. The molecule has 0 aliphatic heterocycles. The maximum atomic E-state index is 12.4. The van der Waals surface area contributed by atoms with Crippen LogP contribution in [0.2, 0.25) is 5.02 Å². The van der Waals surface area contributed by atoms with Crippen molar-refractivity contribution in [2.75, 3.05) is 0 Å². The third-order valence-electron chi connectivity index (χ3n) is 3.98. The Bertz CT molecular complexity index is 755. The molecule has 0 bridgehead atoms. The molecule has 0 fully saturated rings. The van der Waals surface area contributed by atoms with Crippen molar-refractivity contribution in [2.24, 2.45) is 0 Å². The van der Waals surface area contributed by atoms with Crippen LogP contribution in [0.5, 0.6) is 0 Å². The molecule has 1 aromatic carbocycles. The van der Waals surface area contributed by atoms with Crippen LogP contribution in [-0.2, 0) is 21.7 Å². The normalized spacial score (nSPS) is 13.3. The number of carboxylic acid groups (broad SMARTS) is 1. The molecule has 2 rings (SSSR count). The van der Waals surface area contributed by atoms with Gasteiger partial charge in [0.2, 0.25) is 5.91 Å². The van der Waals surface area contributed by atoms with E-state index >= 15 is 0 Å². The molecule has 1 atom stereocenters. The number of nitrogens with zero attached hydrogens (tertiary/aromatic N) is 2. The molecule has 1 unspecified atom stereocenters. The molecule has 2 N–H and O–H groups in total. The van der Waals surface area contributed by atoms with E-state index in [0.717, 1.165) is 11.4 Å². The molecule has 0 aliphatic rings. The SMILES string of the molecule is CCC(NC(=O)Cn1nc(C)cc1C)(C(=O)O)c1ccc(Cl)cc1.